The Bertz CT molecular complexity index is 1070. The van der Waals surface area contributed by atoms with E-state index in [1.165, 1.54) is 12.1 Å². The van der Waals surface area contributed by atoms with Crippen LogP contribution >= 0.6 is 23.5 Å². The molecule has 0 aliphatic carbocycles. The molecule has 9 heteroatoms. The number of benzene rings is 2. The third kappa shape index (κ3) is 4.87. The summed E-state index contributed by atoms with van der Waals surface area (Å²) in [6.07, 6.45) is -2.18. The van der Waals surface area contributed by atoms with Gasteiger partial charge in [0.2, 0.25) is 0 Å². The van der Waals surface area contributed by atoms with Gasteiger partial charge in [0.15, 0.2) is 0 Å². The van der Waals surface area contributed by atoms with E-state index in [2.05, 4.69) is 9.71 Å². The first-order valence-electron chi connectivity index (χ1n) is 9.15. The van der Waals surface area contributed by atoms with Gasteiger partial charge in [0.25, 0.3) is 5.91 Å². The molecule has 0 bridgehead atoms. The highest BCUT2D eigenvalue weighted by atomic mass is 35.5. The van der Waals surface area contributed by atoms with Gasteiger partial charge in [0.1, 0.15) is 11.4 Å². The average Bonchev–Trinajstić information content (AvgIpc) is 3.06. The standard InChI is InChI=1S/C21H20ClF3N2O2S/c1-12-11-13(8-9-16(12)22)29-10-4-5-14-18-15(21(23,24)25)6-3-7-17(18)26-19(14)20(28)27-30-2/h3,6-9,11,26H,4-5,10H2,1-2H3,(H,27,28). The number of aromatic amines is 1. The summed E-state index contributed by atoms with van der Waals surface area (Å²) < 4.78 is 49.0. The van der Waals surface area contributed by atoms with Gasteiger partial charge >= 0.3 is 6.18 Å². The number of aromatic nitrogens is 1. The number of hydrogen-bond donors (Lipinski definition) is 2. The number of aryl methyl sites for hydroxylation is 2. The van der Waals surface area contributed by atoms with Crippen molar-refractivity contribution in [1.29, 1.82) is 0 Å². The molecule has 1 heterocycles. The molecule has 2 N–H and O–H groups in total. The number of fused-ring (bicyclic) bond motifs is 1. The van der Waals surface area contributed by atoms with E-state index in [4.69, 9.17) is 16.3 Å². The van der Waals surface area contributed by atoms with E-state index in [9.17, 15) is 18.0 Å². The highest BCUT2D eigenvalue weighted by molar-refractivity contribution is 7.97. The van der Waals surface area contributed by atoms with Crippen molar-refractivity contribution in [2.45, 2.75) is 25.9 Å². The van der Waals surface area contributed by atoms with Crippen molar-refractivity contribution < 1.29 is 22.7 Å². The number of rotatable bonds is 7. The molecule has 0 saturated carbocycles. The van der Waals surface area contributed by atoms with Gasteiger partial charge in [-0.05, 0) is 61.2 Å². The van der Waals surface area contributed by atoms with Crippen LogP contribution in [0.4, 0.5) is 13.2 Å². The minimum Gasteiger partial charge on any atom is -0.494 e. The van der Waals surface area contributed by atoms with Crippen LogP contribution in [-0.2, 0) is 12.6 Å². The molecule has 3 aromatic rings. The first-order chi connectivity index (χ1) is 14.2. The lowest BCUT2D eigenvalue weighted by molar-refractivity contribution is -0.136. The molecule has 160 valence electrons. The molecule has 2 aromatic carbocycles. The number of alkyl halides is 3. The van der Waals surface area contributed by atoms with Crippen LogP contribution in [-0.4, -0.2) is 23.8 Å². The summed E-state index contributed by atoms with van der Waals surface area (Å²) in [5.74, 6) is 0.170. The highest BCUT2D eigenvalue weighted by Gasteiger charge is 2.34. The minimum absolute atomic E-state index is 0.0265. The molecule has 30 heavy (non-hydrogen) atoms. The number of halogens is 4. The summed E-state index contributed by atoms with van der Waals surface area (Å²) in [5.41, 5.74) is 0.861. The normalized spacial score (nSPS) is 11.7. The van der Waals surface area contributed by atoms with Crippen LogP contribution < -0.4 is 9.46 Å². The Hall–Kier alpha value is -2.32. The van der Waals surface area contributed by atoms with Gasteiger partial charge in [-0.3, -0.25) is 9.52 Å². The largest absolute Gasteiger partial charge is 0.494 e. The fraction of sp³-hybridized carbons (Fsp3) is 0.286. The lowest BCUT2D eigenvalue weighted by Crippen LogP contribution is -2.17. The average molecular weight is 457 g/mol. The quantitative estimate of drug-likeness (QED) is 0.330. The zero-order valence-electron chi connectivity index (χ0n) is 16.3. The fourth-order valence-electron chi connectivity index (χ4n) is 3.29. The molecule has 1 aromatic heterocycles. The molecule has 0 aliphatic heterocycles. The number of ether oxygens (including phenoxy) is 1. The van der Waals surface area contributed by atoms with Crippen LogP contribution in [0.15, 0.2) is 36.4 Å². The van der Waals surface area contributed by atoms with Gasteiger partial charge in [-0.15, -0.1) is 0 Å². The predicted molar refractivity (Wildman–Crippen MR) is 114 cm³/mol. The second-order valence-electron chi connectivity index (χ2n) is 6.70. The Balaban J connectivity index is 1.87. The topological polar surface area (TPSA) is 54.1 Å². The molecule has 0 spiro atoms. The summed E-state index contributed by atoms with van der Waals surface area (Å²) in [7, 11) is 0. The number of carbonyl (C=O) groups is 1. The number of hydrogen-bond acceptors (Lipinski definition) is 3. The Morgan fingerprint density at radius 2 is 2.03 bits per heavy atom. The van der Waals surface area contributed by atoms with Gasteiger partial charge in [0, 0.05) is 22.2 Å². The molecule has 0 aliphatic rings. The molecule has 0 saturated heterocycles. The number of H-pyrrole nitrogens is 1. The van der Waals surface area contributed by atoms with Crippen molar-refractivity contribution in [3.63, 3.8) is 0 Å². The van der Waals surface area contributed by atoms with Crippen molar-refractivity contribution in [3.05, 3.63) is 63.8 Å². The van der Waals surface area contributed by atoms with E-state index >= 15 is 0 Å². The zero-order valence-corrected chi connectivity index (χ0v) is 17.9. The first kappa shape index (κ1) is 22.4. The van der Waals surface area contributed by atoms with Gasteiger partial charge < -0.3 is 9.72 Å². The van der Waals surface area contributed by atoms with Gasteiger partial charge in [-0.1, -0.05) is 29.6 Å². The summed E-state index contributed by atoms with van der Waals surface area (Å²) in [6.45, 7) is 2.14. The Labute approximate surface area is 181 Å². The summed E-state index contributed by atoms with van der Waals surface area (Å²) in [4.78, 5) is 15.3. The van der Waals surface area contributed by atoms with Crippen LogP contribution in [0.5, 0.6) is 5.75 Å². The lowest BCUT2D eigenvalue weighted by atomic mass is 10.0. The molecule has 3 rings (SSSR count). The van der Waals surface area contributed by atoms with Crippen molar-refractivity contribution in [3.8, 4) is 5.75 Å². The Morgan fingerprint density at radius 1 is 1.27 bits per heavy atom. The number of nitrogens with one attached hydrogen (secondary N) is 2. The molecule has 0 radical (unpaired) electrons. The van der Waals surface area contributed by atoms with Crippen molar-refractivity contribution in [2.75, 3.05) is 12.9 Å². The maximum absolute atomic E-state index is 13.6. The first-order valence-corrected chi connectivity index (χ1v) is 10.8. The highest BCUT2D eigenvalue weighted by Crippen LogP contribution is 2.38. The van der Waals surface area contributed by atoms with Crippen LogP contribution in [0.2, 0.25) is 5.02 Å². The third-order valence-electron chi connectivity index (χ3n) is 4.62. The smallest absolute Gasteiger partial charge is 0.417 e. The number of amides is 1. The minimum atomic E-state index is -4.53. The predicted octanol–water partition coefficient (Wildman–Crippen LogP) is 6.17. The molecule has 4 nitrogen and oxygen atoms in total. The summed E-state index contributed by atoms with van der Waals surface area (Å²) in [5, 5.41) is 0.656. The van der Waals surface area contributed by atoms with Crippen molar-refractivity contribution in [2.24, 2.45) is 0 Å². The SMILES string of the molecule is CSNC(=O)c1[nH]c2cccc(C(F)(F)F)c2c1CCCOc1ccc(Cl)c(C)c1. The second-order valence-corrected chi connectivity index (χ2v) is 7.72. The van der Waals surface area contributed by atoms with Crippen molar-refractivity contribution in [1.82, 2.24) is 9.71 Å². The summed E-state index contributed by atoms with van der Waals surface area (Å²) in [6, 6.07) is 9.16. The van der Waals surface area contributed by atoms with Crippen molar-refractivity contribution >= 4 is 40.4 Å². The molecular formula is C21H20ClF3N2O2S. The maximum Gasteiger partial charge on any atom is 0.417 e. The zero-order chi connectivity index (χ0) is 21.9. The molecule has 1 amide bonds. The molecule has 0 fully saturated rings. The van der Waals surface area contributed by atoms with Gasteiger partial charge in [-0.25, -0.2) is 0 Å². The second kappa shape index (κ2) is 9.22. The molecule has 0 atom stereocenters. The Morgan fingerprint density at radius 3 is 2.70 bits per heavy atom. The fourth-order valence-corrected chi connectivity index (χ4v) is 3.69. The van der Waals surface area contributed by atoms with Crippen LogP contribution in [0.25, 0.3) is 10.9 Å². The van der Waals surface area contributed by atoms with Crippen LogP contribution in [0, 0.1) is 6.92 Å². The maximum atomic E-state index is 13.6. The molecule has 0 unspecified atom stereocenters. The van der Waals surface area contributed by atoms with E-state index in [-0.39, 0.29) is 29.6 Å². The lowest BCUT2D eigenvalue weighted by Gasteiger charge is -2.11. The monoisotopic (exact) mass is 456 g/mol. The van der Waals surface area contributed by atoms with E-state index < -0.39 is 17.6 Å². The molecular weight excluding hydrogens is 437 g/mol. The Kier molecular flexibility index (Phi) is 6.88. The number of carbonyl (C=O) groups excluding carboxylic acids is 1. The third-order valence-corrected chi connectivity index (χ3v) is 5.44. The van der Waals surface area contributed by atoms with E-state index in [1.807, 2.05) is 6.92 Å². The van der Waals surface area contributed by atoms with Gasteiger partial charge in [-0.2, -0.15) is 13.2 Å². The summed E-state index contributed by atoms with van der Waals surface area (Å²) >= 11 is 7.08. The van der Waals surface area contributed by atoms with E-state index in [0.29, 0.717) is 22.8 Å². The van der Waals surface area contributed by atoms with Crippen LogP contribution in [0.1, 0.15) is 33.6 Å². The van der Waals surface area contributed by atoms with Crippen LogP contribution in [0.3, 0.4) is 0 Å². The van der Waals surface area contributed by atoms with E-state index in [1.54, 1.807) is 24.5 Å². The van der Waals surface area contributed by atoms with Gasteiger partial charge in [0.05, 0.1) is 12.2 Å². The van der Waals surface area contributed by atoms with E-state index in [0.717, 1.165) is 23.6 Å².